The van der Waals surface area contributed by atoms with Crippen molar-refractivity contribution >= 4 is 34.8 Å². The van der Waals surface area contributed by atoms with Gasteiger partial charge in [0.05, 0.1) is 25.7 Å². The summed E-state index contributed by atoms with van der Waals surface area (Å²) >= 11 is 0. The second kappa shape index (κ2) is 13.8. The van der Waals surface area contributed by atoms with Crippen molar-refractivity contribution in [2.45, 2.75) is 51.9 Å². The Labute approximate surface area is 238 Å². The second-order valence-electron chi connectivity index (χ2n) is 10.6. The van der Waals surface area contributed by atoms with Crippen molar-refractivity contribution < 1.29 is 38.9 Å². The molecule has 3 atom stereocenters. The van der Waals surface area contributed by atoms with Crippen LogP contribution in [0.2, 0.25) is 0 Å². The lowest BCUT2D eigenvalue weighted by atomic mass is 9.90. The SMILES string of the molecule is COc1cc(/C=C/C(=O)NO)ccc1OCC(Cc1c[nH]c2ccccc12)C(=O)[C@@H](NC(=O)OC(C)(C)C)[C@H](C)O. The number of benzene rings is 2. The first-order chi connectivity index (χ1) is 19.4. The molecule has 41 heavy (non-hydrogen) atoms. The highest BCUT2D eigenvalue weighted by Gasteiger charge is 2.34. The van der Waals surface area contributed by atoms with E-state index >= 15 is 0 Å². The highest BCUT2D eigenvalue weighted by Crippen LogP contribution is 2.30. The fraction of sp³-hybridized carbons (Fsp3) is 0.367. The van der Waals surface area contributed by atoms with Gasteiger partial charge in [-0.05, 0) is 69.5 Å². The second-order valence-corrected chi connectivity index (χ2v) is 10.6. The maximum absolute atomic E-state index is 13.8. The van der Waals surface area contributed by atoms with Gasteiger partial charge in [-0.3, -0.25) is 14.8 Å². The number of aliphatic hydroxyl groups is 1. The van der Waals surface area contributed by atoms with Crippen molar-refractivity contribution in [2.75, 3.05) is 13.7 Å². The summed E-state index contributed by atoms with van der Waals surface area (Å²) in [5.74, 6) is -1.18. The number of H-pyrrole nitrogens is 1. The van der Waals surface area contributed by atoms with E-state index < -0.39 is 41.4 Å². The number of hydroxylamine groups is 1. The van der Waals surface area contributed by atoms with E-state index in [1.54, 1.807) is 39.0 Å². The normalized spacial score (nSPS) is 13.8. The molecule has 1 aromatic heterocycles. The third-order valence-corrected chi connectivity index (χ3v) is 6.17. The molecule has 11 heteroatoms. The fourth-order valence-corrected chi connectivity index (χ4v) is 4.23. The monoisotopic (exact) mass is 567 g/mol. The molecule has 5 N–H and O–H groups in total. The molecule has 0 radical (unpaired) electrons. The zero-order valence-corrected chi connectivity index (χ0v) is 23.8. The van der Waals surface area contributed by atoms with E-state index in [4.69, 9.17) is 19.4 Å². The smallest absolute Gasteiger partial charge is 0.408 e. The standard InChI is InChI=1S/C30H37N3O8/c1-18(34)27(32-29(37)41-30(2,3)4)28(36)21(15-20-16-31-23-9-7-6-8-22(20)23)17-40-24-12-10-19(14-25(24)39-5)11-13-26(35)33-38/h6-14,16,18,21,27,31,34,38H,15,17H2,1-5H3,(H,32,37)(H,33,35)/b13-11+/t18-,21?,27-/m0/s1. The quantitative estimate of drug-likeness (QED) is 0.126. The van der Waals surface area contributed by atoms with Crippen molar-refractivity contribution in [2.24, 2.45) is 5.92 Å². The predicted octanol–water partition coefficient (Wildman–Crippen LogP) is 3.78. The molecule has 0 aliphatic heterocycles. The van der Waals surface area contributed by atoms with E-state index in [2.05, 4.69) is 10.3 Å². The number of aromatic amines is 1. The molecule has 0 aliphatic rings. The number of amides is 2. The Hall–Kier alpha value is -4.35. The van der Waals surface area contributed by atoms with Crippen molar-refractivity contribution in [1.82, 2.24) is 15.8 Å². The lowest BCUT2D eigenvalue weighted by Gasteiger charge is -2.27. The number of ether oxygens (including phenoxy) is 3. The Bertz CT molecular complexity index is 1390. The summed E-state index contributed by atoms with van der Waals surface area (Å²) in [6.07, 6.45) is 2.71. The number of hydrogen-bond acceptors (Lipinski definition) is 8. The number of Topliss-reactive ketones (excluding diaryl/α,β-unsaturated/α-hetero) is 1. The van der Waals surface area contributed by atoms with Crippen LogP contribution in [0.3, 0.4) is 0 Å². The molecule has 2 aromatic carbocycles. The number of rotatable bonds is 12. The van der Waals surface area contributed by atoms with Gasteiger partial charge in [-0.25, -0.2) is 10.3 Å². The summed E-state index contributed by atoms with van der Waals surface area (Å²) in [6.45, 7) is 6.45. The van der Waals surface area contributed by atoms with Crippen LogP contribution >= 0.6 is 0 Å². The molecular weight excluding hydrogens is 530 g/mol. The summed E-state index contributed by atoms with van der Waals surface area (Å²) in [4.78, 5) is 40.9. The van der Waals surface area contributed by atoms with Gasteiger partial charge in [0.1, 0.15) is 11.6 Å². The average Bonchev–Trinajstić information content (AvgIpc) is 3.34. The summed E-state index contributed by atoms with van der Waals surface area (Å²) in [7, 11) is 1.46. The average molecular weight is 568 g/mol. The number of carbonyl (C=O) groups excluding carboxylic acids is 3. The number of nitrogens with one attached hydrogen (secondary N) is 3. The highest BCUT2D eigenvalue weighted by atomic mass is 16.6. The molecule has 3 rings (SSSR count). The fourth-order valence-electron chi connectivity index (χ4n) is 4.23. The van der Waals surface area contributed by atoms with Crippen LogP contribution in [0.1, 0.15) is 38.8 Å². The van der Waals surface area contributed by atoms with Gasteiger partial charge in [0, 0.05) is 23.2 Å². The van der Waals surface area contributed by atoms with Crippen LogP contribution in [-0.4, -0.2) is 64.5 Å². The van der Waals surface area contributed by atoms with Crippen LogP contribution in [-0.2, 0) is 20.7 Å². The van der Waals surface area contributed by atoms with Crippen LogP contribution in [0.4, 0.5) is 4.79 Å². The van der Waals surface area contributed by atoms with E-state index in [0.717, 1.165) is 22.5 Å². The number of para-hydroxylation sites is 1. The molecule has 3 aromatic rings. The van der Waals surface area contributed by atoms with Crippen molar-refractivity contribution in [3.63, 3.8) is 0 Å². The van der Waals surface area contributed by atoms with Crippen molar-refractivity contribution in [1.29, 1.82) is 0 Å². The highest BCUT2D eigenvalue weighted by molar-refractivity contribution is 5.92. The Morgan fingerprint density at radius 3 is 2.49 bits per heavy atom. The molecule has 0 saturated heterocycles. The number of aliphatic hydroxyl groups excluding tert-OH is 1. The first-order valence-corrected chi connectivity index (χ1v) is 13.1. The minimum Gasteiger partial charge on any atom is -0.493 e. The van der Waals surface area contributed by atoms with Crippen LogP contribution in [0.25, 0.3) is 17.0 Å². The van der Waals surface area contributed by atoms with Gasteiger partial charge in [0.25, 0.3) is 5.91 Å². The third-order valence-electron chi connectivity index (χ3n) is 6.17. The molecular formula is C30H37N3O8. The van der Waals surface area contributed by atoms with Crippen LogP contribution in [0.5, 0.6) is 11.5 Å². The molecule has 0 fully saturated rings. The summed E-state index contributed by atoms with van der Waals surface area (Å²) in [5, 5.41) is 22.6. The summed E-state index contributed by atoms with van der Waals surface area (Å²) in [5.41, 5.74) is 3.13. The van der Waals surface area contributed by atoms with Crippen LogP contribution in [0, 0.1) is 5.92 Å². The maximum Gasteiger partial charge on any atom is 0.408 e. The van der Waals surface area contributed by atoms with Gasteiger partial charge < -0.3 is 29.6 Å². The zero-order chi connectivity index (χ0) is 30.2. The Morgan fingerprint density at radius 1 is 1.10 bits per heavy atom. The molecule has 0 bridgehead atoms. The van der Waals surface area contributed by atoms with E-state index in [9.17, 15) is 19.5 Å². The van der Waals surface area contributed by atoms with Crippen molar-refractivity contribution in [3.8, 4) is 11.5 Å². The van der Waals surface area contributed by atoms with E-state index in [0.29, 0.717) is 17.1 Å². The molecule has 0 aliphatic carbocycles. The Morgan fingerprint density at radius 2 is 1.83 bits per heavy atom. The molecule has 0 spiro atoms. The first-order valence-electron chi connectivity index (χ1n) is 13.1. The number of carbonyl (C=O) groups is 3. The Kier molecular flexibility index (Phi) is 10.5. The van der Waals surface area contributed by atoms with Crippen LogP contribution in [0.15, 0.2) is 54.7 Å². The van der Waals surface area contributed by atoms with Gasteiger partial charge in [-0.15, -0.1) is 0 Å². The van der Waals surface area contributed by atoms with Gasteiger partial charge in [0.15, 0.2) is 17.3 Å². The first kappa shape index (κ1) is 31.2. The Balaban J connectivity index is 1.88. The third kappa shape index (κ3) is 8.82. The minimum absolute atomic E-state index is 0.0873. The zero-order valence-electron chi connectivity index (χ0n) is 23.8. The topological polar surface area (TPSA) is 159 Å². The summed E-state index contributed by atoms with van der Waals surface area (Å²) < 4.78 is 16.8. The number of fused-ring (bicyclic) bond motifs is 1. The number of aromatic nitrogens is 1. The van der Waals surface area contributed by atoms with E-state index in [-0.39, 0.29) is 13.0 Å². The number of hydrogen-bond donors (Lipinski definition) is 5. The molecule has 1 heterocycles. The van der Waals surface area contributed by atoms with Gasteiger partial charge in [-0.2, -0.15) is 0 Å². The molecule has 220 valence electrons. The largest absolute Gasteiger partial charge is 0.493 e. The van der Waals surface area contributed by atoms with Crippen molar-refractivity contribution in [3.05, 3.63) is 65.9 Å². The number of ketones is 1. The number of methoxy groups -OCH3 is 1. The predicted molar refractivity (Wildman–Crippen MR) is 153 cm³/mol. The van der Waals surface area contributed by atoms with Gasteiger partial charge in [0.2, 0.25) is 0 Å². The number of alkyl carbamates (subject to hydrolysis) is 1. The molecule has 0 saturated carbocycles. The lowest BCUT2D eigenvalue weighted by Crippen LogP contribution is -2.52. The molecule has 11 nitrogen and oxygen atoms in total. The summed E-state index contributed by atoms with van der Waals surface area (Å²) in [6, 6.07) is 11.4. The van der Waals surface area contributed by atoms with E-state index in [1.807, 2.05) is 30.5 Å². The van der Waals surface area contributed by atoms with Crippen LogP contribution < -0.4 is 20.3 Å². The van der Waals surface area contributed by atoms with E-state index in [1.165, 1.54) is 25.6 Å². The molecule has 1 unspecified atom stereocenters. The van der Waals surface area contributed by atoms with Gasteiger partial charge >= 0.3 is 6.09 Å². The lowest BCUT2D eigenvalue weighted by molar-refractivity contribution is -0.128. The minimum atomic E-state index is -1.24. The van der Waals surface area contributed by atoms with Gasteiger partial charge in [-0.1, -0.05) is 24.3 Å². The molecule has 2 amide bonds. The maximum atomic E-state index is 13.8.